The molecule has 1 aliphatic heterocycles. The molecule has 162 valence electrons. The number of rotatable bonds is 5. The van der Waals surface area contributed by atoms with E-state index in [1.54, 1.807) is 74.7 Å². The second kappa shape index (κ2) is 9.07. The van der Waals surface area contributed by atoms with Crippen LogP contribution in [-0.4, -0.2) is 18.9 Å². The van der Waals surface area contributed by atoms with E-state index in [9.17, 15) is 9.59 Å². The van der Waals surface area contributed by atoms with E-state index in [1.807, 2.05) is 0 Å². The molecule has 0 aromatic heterocycles. The van der Waals surface area contributed by atoms with Gasteiger partial charge in [0.2, 0.25) is 5.78 Å². The minimum atomic E-state index is -0.422. The van der Waals surface area contributed by atoms with Crippen LogP contribution >= 0.6 is 23.2 Å². The topological polar surface area (TPSA) is 61.8 Å². The predicted molar refractivity (Wildman–Crippen MR) is 123 cm³/mol. The first-order valence-corrected chi connectivity index (χ1v) is 10.5. The molecule has 0 atom stereocenters. The highest BCUT2D eigenvalue weighted by Crippen LogP contribution is 2.39. The van der Waals surface area contributed by atoms with Gasteiger partial charge in [0, 0.05) is 5.56 Å². The summed E-state index contributed by atoms with van der Waals surface area (Å²) >= 11 is 12.0. The Morgan fingerprint density at radius 2 is 1.78 bits per heavy atom. The lowest BCUT2D eigenvalue weighted by Crippen LogP contribution is -2.12. The molecule has 0 fully saturated rings. The lowest BCUT2D eigenvalue weighted by molar-refractivity contribution is -0.133. The number of ketones is 1. The van der Waals surface area contributed by atoms with Crippen LogP contribution in [0.1, 0.15) is 27.0 Å². The van der Waals surface area contributed by atoms with Crippen molar-refractivity contribution in [3.05, 3.63) is 92.7 Å². The zero-order valence-corrected chi connectivity index (χ0v) is 18.8. The Hall–Kier alpha value is -3.28. The van der Waals surface area contributed by atoms with Crippen LogP contribution in [0.5, 0.6) is 17.2 Å². The zero-order valence-electron chi connectivity index (χ0n) is 17.3. The molecule has 0 N–H and O–H groups in total. The van der Waals surface area contributed by atoms with Gasteiger partial charge in [0.05, 0.1) is 29.1 Å². The van der Waals surface area contributed by atoms with E-state index in [4.69, 9.17) is 37.4 Å². The van der Waals surface area contributed by atoms with Gasteiger partial charge in [-0.15, -0.1) is 0 Å². The maximum absolute atomic E-state index is 12.8. The van der Waals surface area contributed by atoms with Gasteiger partial charge in [-0.3, -0.25) is 9.59 Å². The van der Waals surface area contributed by atoms with Crippen LogP contribution in [0.4, 0.5) is 0 Å². The molecule has 4 rings (SSSR count). The van der Waals surface area contributed by atoms with E-state index in [1.165, 1.54) is 0 Å². The summed E-state index contributed by atoms with van der Waals surface area (Å²) in [6.45, 7) is 1.74. The van der Waals surface area contributed by atoms with E-state index in [-0.39, 0.29) is 18.0 Å². The van der Waals surface area contributed by atoms with Gasteiger partial charge < -0.3 is 14.2 Å². The Balaban J connectivity index is 1.52. The minimum absolute atomic E-state index is 0.1000. The number of hydrogen-bond donors (Lipinski definition) is 0. The van der Waals surface area contributed by atoms with Crippen molar-refractivity contribution in [1.29, 1.82) is 0 Å². The van der Waals surface area contributed by atoms with Crippen molar-refractivity contribution < 1.29 is 23.8 Å². The second-order valence-corrected chi connectivity index (χ2v) is 7.99. The van der Waals surface area contributed by atoms with Crippen molar-refractivity contribution in [1.82, 2.24) is 0 Å². The SMILES string of the molecule is COc1ccc(CC(=O)Oc2ccc3c(c2C)O/C(=C\c2ccc(Cl)c(Cl)c2)C3=O)cc1. The maximum Gasteiger partial charge on any atom is 0.315 e. The zero-order chi connectivity index (χ0) is 22.8. The Morgan fingerprint density at radius 3 is 2.47 bits per heavy atom. The molecule has 0 saturated carbocycles. The molecule has 0 saturated heterocycles. The van der Waals surface area contributed by atoms with E-state index in [0.717, 1.165) is 5.56 Å². The van der Waals surface area contributed by atoms with Crippen molar-refractivity contribution in [3.8, 4) is 17.2 Å². The lowest BCUT2D eigenvalue weighted by Gasteiger charge is -2.10. The number of carbonyl (C=O) groups is 2. The fraction of sp³-hybridized carbons (Fsp3) is 0.120. The van der Waals surface area contributed by atoms with Crippen LogP contribution in [0.25, 0.3) is 6.08 Å². The number of halogens is 2. The first-order valence-electron chi connectivity index (χ1n) is 9.72. The Kier molecular flexibility index (Phi) is 6.21. The summed E-state index contributed by atoms with van der Waals surface area (Å²) in [6, 6.07) is 15.4. The lowest BCUT2D eigenvalue weighted by atomic mass is 10.1. The summed E-state index contributed by atoms with van der Waals surface area (Å²) in [6.07, 6.45) is 1.70. The smallest absolute Gasteiger partial charge is 0.315 e. The second-order valence-electron chi connectivity index (χ2n) is 7.18. The number of ether oxygens (including phenoxy) is 3. The van der Waals surface area contributed by atoms with Crippen LogP contribution in [0.2, 0.25) is 10.0 Å². The summed E-state index contributed by atoms with van der Waals surface area (Å²) in [5.74, 6) is 0.896. The molecule has 0 amide bonds. The van der Waals surface area contributed by atoms with Crippen molar-refractivity contribution in [2.45, 2.75) is 13.3 Å². The van der Waals surface area contributed by atoms with Gasteiger partial charge in [-0.25, -0.2) is 0 Å². The van der Waals surface area contributed by atoms with Crippen molar-refractivity contribution in [2.75, 3.05) is 7.11 Å². The number of hydrogen-bond acceptors (Lipinski definition) is 5. The summed E-state index contributed by atoms with van der Waals surface area (Å²) in [4.78, 5) is 25.2. The molecular weight excluding hydrogens is 451 g/mol. The predicted octanol–water partition coefficient (Wildman–Crippen LogP) is 6.07. The maximum atomic E-state index is 12.8. The van der Waals surface area contributed by atoms with Crippen LogP contribution in [-0.2, 0) is 11.2 Å². The molecule has 32 heavy (non-hydrogen) atoms. The quantitative estimate of drug-likeness (QED) is 0.258. The van der Waals surface area contributed by atoms with E-state index in [2.05, 4.69) is 0 Å². The highest BCUT2D eigenvalue weighted by molar-refractivity contribution is 6.42. The Morgan fingerprint density at radius 1 is 1.03 bits per heavy atom. The monoisotopic (exact) mass is 468 g/mol. The number of allylic oxidation sites excluding steroid dienone is 1. The van der Waals surface area contributed by atoms with Gasteiger partial charge in [-0.2, -0.15) is 0 Å². The molecule has 0 spiro atoms. The number of carbonyl (C=O) groups excluding carboxylic acids is 2. The van der Waals surface area contributed by atoms with Crippen LogP contribution < -0.4 is 14.2 Å². The molecule has 5 nitrogen and oxygen atoms in total. The summed E-state index contributed by atoms with van der Waals surface area (Å²) in [7, 11) is 1.58. The van der Waals surface area contributed by atoms with Crippen molar-refractivity contribution in [3.63, 3.8) is 0 Å². The van der Waals surface area contributed by atoms with Gasteiger partial charge in [-0.1, -0.05) is 41.4 Å². The van der Waals surface area contributed by atoms with Gasteiger partial charge >= 0.3 is 5.97 Å². The van der Waals surface area contributed by atoms with Gasteiger partial charge in [0.25, 0.3) is 0 Å². The van der Waals surface area contributed by atoms with E-state index < -0.39 is 5.97 Å². The highest BCUT2D eigenvalue weighted by Gasteiger charge is 2.30. The fourth-order valence-corrected chi connectivity index (χ4v) is 3.61. The standard InChI is InChI=1S/C25H18Cl2O5/c1-14-21(31-23(28)13-15-3-6-17(30-2)7-4-15)10-8-18-24(29)22(32-25(14)18)12-16-5-9-19(26)20(27)11-16/h3-12H,13H2,1-2H3/b22-12-. The third kappa shape index (κ3) is 4.49. The average Bonchev–Trinajstić information content (AvgIpc) is 3.09. The average molecular weight is 469 g/mol. The molecule has 0 bridgehead atoms. The van der Waals surface area contributed by atoms with Gasteiger partial charge in [-0.05, 0) is 60.5 Å². The molecule has 0 aliphatic carbocycles. The number of Topliss-reactive ketones (excluding diaryl/α,β-unsaturated/α-hetero) is 1. The van der Waals surface area contributed by atoms with E-state index >= 15 is 0 Å². The van der Waals surface area contributed by atoms with Crippen molar-refractivity contribution in [2.24, 2.45) is 0 Å². The number of methoxy groups -OCH3 is 1. The van der Waals surface area contributed by atoms with E-state index in [0.29, 0.717) is 44.0 Å². The van der Waals surface area contributed by atoms with Crippen LogP contribution in [0, 0.1) is 6.92 Å². The normalized spacial score (nSPS) is 13.6. The molecule has 3 aromatic carbocycles. The molecule has 3 aromatic rings. The molecular formula is C25H18Cl2O5. The fourth-order valence-electron chi connectivity index (χ4n) is 3.30. The Labute approximate surface area is 195 Å². The number of fused-ring (bicyclic) bond motifs is 1. The third-order valence-electron chi connectivity index (χ3n) is 5.01. The third-order valence-corrected chi connectivity index (χ3v) is 5.75. The van der Waals surface area contributed by atoms with Crippen molar-refractivity contribution >= 4 is 41.0 Å². The van der Waals surface area contributed by atoms with Gasteiger partial charge in [0.1, 0.15) is 17.2 Å². The largest absolute Gasteiger partial charge is 0.497 e. The first kappa shape index (κ1) is 21.9. The molecule has 1 aliphatic rings. The first-order chi connectivity index (χ1) is 15.4. The summed E-state index contributed by atoms with van der Waals surface area (Å²) in [5.41, 5.74) is 2.45. The van der Waals surface area contributed by atoms with Gasteiger partial charge in [0.15, 0.2) is 5.76 Å². The van der Waals surface area contributed by atoms with Crippen LogP contribution in [0.15, 0.2) is 60.4 Å². The van der Waals surface area contributed by atoms with Crippen LogP contribution in [0.3, 0.4) is 0 Å². The minimum Gasteiger partial charge on any atom is -0.497 e. The molecule has 7 heteroatoms. The molecule has 0 unspecified atom stereocenters. The summed E-state index contributed by atoms with van der Waals surface area (Å²) < 4.78 is 16.5. The highest BCUT2D eigenvalue weighted by atomic mass is 35.5. The number of benzene rings is 3. The molecule has 0 radical (unpaired) electrons. The summed E-state index contributed by atoms with van der Waals surface area (Å²) in [5, 5.41) is 0.805. The Bertz CT molecular complexity index is 1250. The molecule has 1 heterocycles. The number of esters is 1.